The van der Waals surface area contributed by atoms with Crippen molar-refractivity contribution in [2.45, 2.75) is 30.3 Å². The number of benzene rings is 2. The van der Waals surface area contributed by atoms with Crippen LogP contribution in [-0.4, -0.2) is 31.2 Å². The number of nitrogens with one attached hydrogen (secondary N) is 2. The van der Waals surface area contributed by atoms with Gasteiger partial charge in [-0.15, -0.1) is 0 Å². The van der Waals surface area contributed by atoms with Gasteiger partial charge in [0.05, 0.1) is 11.5 Å². The number of aromatic amines is 1. The second kappa shape index (κ2) is 7.59. The van der Waals surface area contributed by atoms with E-state index >= 15 is 0 Å². The minimum Gasteiger partial charge on any atom is -0.395 e. The molecular weight excluding hydrogens is 350 g/mol. The lowest BCUT2D eigenvalue weighted by Crippen LogP contribution is -2.36. The van der Waals surface area contributed by atoms with Gasteiger partial charge in [-0.05, 0) is 42.7 Å². The second-order valence-corrected chi connectivity index (χ2v) is 8.01. The van der Waals surface area contributed by atoms with Crippen LogP contribution in [0, 0.1) is 0 Å². The number of aliphatic hydroxyl groups is 1. The first kappa shape index (κ1) is 18.6. The highest BCUT2D eigenvalue weighted by molar-refractivity contribution is 7.89. The Hall–Kier alpha value is -2.19. The van der Waals surface area contributed by atoms with Crippen molar-refractivity contribution in [1.29, 1.82) is 0 Å². The van der Waals surface area contributed by atoms with E-state index in [0.29, 0.717) is 6.42 Å². The Morgan fingerprint density at radius 3 is 2.50 bits per heavy atom. The second-order valence-electron chi connectivity index (χ2n) is 6.45. The van der Waals surface area contributed by atoms with Crippen LogP contribution >= 0.6 is 0 Å². The summed E-state index contributed by atoms with van der Waals surface area (Å²) in [5, 5.41) is 19.5. The lowest BCUT2D eigenvalue weighted by atomic mass is 10.0. The molecule has 7 heteroatoms. The smallest absolute Gasteiger partial charge is 0.238 e. The summed E-state index contributed by atoms with van der Waals surface area (Å²) in [6.45, 7) is 1.98. The molecule has 0 radical (unpaired) electrons. The molecule has 0 spiro atoms. The average molecular weight is 373 g/mol. The van der Waals surface area contributed by atoms with Crippen molar-refractivity contribution >= 4 is 20.9 Å². The van der Waals surface area contributed by atoms with E-state index in [-0.39, 0.29) is 23.6 Å². The minimum atomic E-state index is -3.69. The molecule has 0 aliphatic heterocycles. The quantitative estimate of drug-likeness (QED) is 0.508. The highest BCUT2D eigenvalue weighted by atomic mass is 32.2. The highest BCUT2D eigenvalue weighted by Crippen LogP contribution is 2.21. The standard InChI is InChI=1S/C19H23N3O3S/c1-13(14-6-8-17(9-7-14)26(20,24)25)22-16(12-23)10-15-11-21-19-5-3-2-4-18(15)19/h2-9,11,13,16,21-23H,10,12H2,1H3,(H2,20,24,25). The van der Waals surface area contributed by atoms with E-state index in [1.54, 1.807) is 12.1 Å². The Morgan fingerprint density at radius 2 is 1.85 bits per heavy atom. The van der Waals surface area contributed by atoms with E-state index in [2.05, 4.69) is 16.4 Å². The number of hydrogen-bond acceptors (Lipinski definition) is 4. The maximum atomic E-state index is 11.3. The number of aliphatic hydroxyl groups excluding tert-OH is 1. The monoisotopic (exact) mass is 373 g/mol. The Bertz CT molecular complexity index is 981. The van der Waals surface area contributed by atoms with Crippen molar-refractivity contribution in [3.8, 4) is 0 Å². The maximum Gasteiger partial charge on any atom is 0.238 e. The van der Waals surface area contributed by atoms with Crippen LogP contribution in [0.15, 0.2) is 59.6 Å². The van der Waals surface area contributed by atoms with Crippen LogP contribution in [0.5, 0.6) is 0 Å². The molecule has 138 valence electrons. The summed E-state index contributed by atoms with van der Waals surface area (Å²) in [6.07, 6.45) is 2.65. The van der Waals surface area contributed by atoms with Crippen LogP contribution in [-0.2, 0) is 16.4 Å². The highest BCUT2D eigenvalue weighted by Gasteiger charge is 2.16. The fourth-order valence-corrected chi connectivity index (χ4v) is 3.65. The SMILES string of the molecule is CC(NC(CO)Cc1c[nH]c2ccccc12)c1ccc(S(N)(=O)=O)cc1. The summed E-state index contributed by atoms with van der Waals surface area (Å²) >= 11 is 0. The third kappa shape index (κ3) is 4.13. The molecule has 2 atom stereocenters. The number of primary sulfonamides is 1. The number of H-pyrrole nitrogens is 1. The number of rotatable bonds is 7. The first-order valence-electron chi connectivity index (χ1n) is 8.43. The molecule has 6 nitrogen and oxygen atoms in total. The van der Waals surface area contributed by atoms with Gasteiger partial charge in [0, 0.05) is 29.2 Å². The van der Waals surface area contributed by atoms with Gasteiger partial charge in [-0.3, -0.25) is 0 Å². The fraction of sp³-hybridized carbons (Fsp3) is 0.263. The van der Waals surface area contributed by atoms with Gasteiger partial charge in [0.1, 0.15) is 0 Å². The van der Waals surface area contributed by atoms with Gasteiger partial charge in [-0.2, -0.15) is 0 Å². The molecule has 0 aliphatic rings. The molecule has 5 N–H and O–H groups in total. The molecule has 3 aromatic rings. The van der Waals surface area contributed by atoms with Crippen molar-refractivity contribution in [1.82, 2.24) is 10.3 Å². The van der Waals surface area contributed by atoms with Crippen molar-refractivity contribution < 1.29 is 13.5 Å². The number of nitrogens with two attached hydrogens (primary N) is 1. The summed E-state index contributed by atoms with van der Waals surface area (Å²) in [7, 11) is -3.69. The Kier molecular flexibility index (Phi) is 5.43. The predicted octanol–water partition coefficient (Wildman–Crippen LogP) is 2.07. The summed E-state index contributed by atoms with van der Waals surface area (Å²) in [6, 6.07) is 14.4. The Labute approximate surface area is 153 Å². The van der Waals surface area contributed by atoms with Gasteiger partial charge >= 0.3 is 0 Å². The normalized spacial score (nSPS) is 14.4. The van der Waals surface area contributed by atoms with E-state index in [1.165, 1.54) is 12.1 Å². The third-order valence-electron chi connectivity index (χ3n) is 4.56. The molecule has 0 aliphatic carbocycles. The zero-order chi connectivity index (χ0) is 18.7. The molecule has 1 heterocycles. The van der Waals surface area contributed by atoms with E-state index in [9.17, 15) is 13.5 Å². The number of aromatic nitrogens is 1. The van der Waals surface area contributed by atoms with Crippen LogP contribution in [0.3, 0.4) is 0 Å². The first-order valence-corrected chi connectivity index (χ1v) is 9.98. The largest absolute Gasteiger partial charge is 0.395 e. The molecule has 0 saturated carbocycles. The van der Waals surface area contributed by atoms with Crippen LogP contribution in [0.1, 0.15) is 24.1 Å². The fourth-order valence-electron chi connectivity index (χ4n) is 3.14. The molecule has 3 rings (SSSR count). The maximum absolute atomic E-state index is 11.3. The summed E-state index contributed by atoms with van der Waals surface area (Å²) in [4.78, 5) is 3.33. The molecule has 1 aromatic heterocycles. The van der Waals surface area contributed by atoms with Crippen molar-refractivity contribution in [3.05, 3.63) is 65.9 Å². The van der Waals surface area contributed by atoms with Gasteiger partial charge in [0.15, 0.2) is 0 Å². The van der Waals surface area contributed by atoms with Crippen LogP contribution in [0.2, 0.25) is 0 Å². The zero-order valence-electron chi connectivity index (χ0n) is 14.5. The average Bonchev–Trinajstić information content (AvgIpc) is 3.03. The lowest BCUT2D eigenvalue weighted by molar-refractivity contribution is 0.233. The van der Waals surface area contributed by atoms with E-state index in [4.69, 9.17) is 5.14 Å². The predicted molar refractivity (Wildman–Crippen MR) is 102 cm³/mol. The van der Waals surface area contributed by atoms with Crippen LogP contribution < -0.4 is 10.5 Å². The molecule has 0 bridgehead atoms. The molecule has 0 saturated heterocycles. The number of sulfonamides is 1. The number of para-hydroxylation sites is 1. The molecule has 0 amide bonds. The molecule has 0 fully saturated rings. The first-order chi connectivity index (χ1) is 12.4. The Balaban J connectivity index is 1.71. The minimum absolute atomic E-state index is 0.000883. The molecule has 26 heavy (non-hydrogen) atoms. The van der Waals surface area contributed by atoms with Crippen molar-refractivity contribution in [2.24, 2.45) is 5.14 Å². The van der Waals surface area contributed by atoms with Gasteiger partial charge in [-0.25, -0.2) is 13.6 Å². The third-order valence-corrected chi connectivity index (χ3v) is 5.49. The van der Waals surface area contributed by atoms with Gasteiger partial charge in [0.25, 0.3) is 0 Å². The van der Waals surface area contributed by atoms with E-state index in [1.807, 2.05) is 31.3 Å². The van der Waals surface area contributed by atoms with Gasteiger partial charge in [-0.1, -0.05) is 30.3 Å². The van der Waals surface area contributed by atoms with E-state index < -0.39 is 10.0 Å². The topological polar surface area (TPSA) is 108 Å². The summed E-state index contributed by atoms with van der Waals surface area (Å²) in [5.74, 6) is 0. The van der Waals surface area contributed by atoms with Crippen molar-refractivity contribution in [3.63, 3.8) is 0 Å². The van der Waals surface area contributed by atoms with E-state index in [0.717, 1.165) is 22.0 Å². The van der Waals surface area contributed by atoms with Crippen molar-refractivity contribution in [2.75, 3.05) is 6.61 Å². The van der Waals surface area contributed by atoms with Gasteiger partial charge < -0.3 is 15.4 Å². The van der Waals surface area contributed by atoms with Gasteiger partial charge in [0.2, 0.25) is 10.0 Å². The Morgan fingerprint density at radius 1 is 1.15 bits per heavy atom. The summed E-state index contributed by atoms with van der Waals surface area (Å²) < 4.78 is 22.7. The lowest BCUT2D eigenvalue weighted by Gasteiger charge is -2.22. The van der Waals surface area contributed by atoms with Crippen LogP contribution in [0.25, 0.3) is 10.9 Å². The zero-order valence-corrected chi connectivity index (χ0v) is 15.3. The molecule has 2 aromatic carbocycles. The number of fused-ring (bicyclic) bond motifs is 1. The molecular formula is C19H23N3O3S. The number of hydrogen-bond donors (Lipinski definition) is 4. The van der Waals surface area contributed by atoms with Crippen LogP contribution in [0.4, 0.5) is 0 Å². The summed E-state index contributed by atoms with van der Waals surface area (Å²) in [5.41, 5.74) is 3.14. The molecule has 2 unspecified atom stereocenters.